The Bertz CT molecular complexity index is 73.2. The summed E-state index contributed by atoms with van der Waals surface area (Å²) in [6.07, 6.45) is 0.920. The highest BCUT2D eigenvalue weighted by atomic mass is 15.0. The largest absolute Gasteiger partial charge is 0.210 e. The predicted molar refractivity (Wildman–Crippen MR) is 23.1 cm³/mol. The molecule has 0 saturated heterocycles. The summed E-state index contributed by atoms with van der Waals surface area (Å²) < 4.78 is 0. The highest BCUT2D eigenvalue weighted by Crippen LogP contribution is 2.36. The Labute approximate surface area is 37.9 Å². The third-order valence-corrected chi connectivity index (χ3v) is 0.971. The van der Waals surface area contributed by atoms with Gasteiger partial charge in [0, 0.05) is 0 Å². The second-order valence-corrected chi connectivity index (χ2v) is 1.60. The summed E-state index contributed by atoms with van der Waals surface area (Å²) in [5.74, 6) is 0.211. The summed E-state index contributed by atoms with van der Waals surface area (Å²) in [4.78, 5) is 0. The molecule has 0 amide bonds. The summed E-state index contributed by atoms with van der Waals surface area (Å²) in [5, 5.41) is 3.21. The summed E-state index contributed by atoms with van der Waals surface area (Å²) in [6.45, 7) is 0. The highest BCUT2D eigenvalue weighted by molar-refractivity contribution is 6.14. The molecule has 1 fully saturated rings. The van der Waals surface area contributed by atoms with Crippen molar-refractivity contribution < 1.29 is 0 Å². The van der Waals surface area contributed by atoms with Crippen LogP contribution in [0.1, 0.15) is 6.42 Å². The fourth-order valence-corrected chi connectivity index (χ4v) is 0.349. The van der Waals surface area contributed by atoms with Crippen molar-refractivity contribution in [2.24, 2.45) is 5.11 Å². The van der Waals surface area contributed by atoms with Gasteiger partial charge in [0.1, 0.15) is 0 Å². The molecule has 0 aromatic carbocycles. The maximum atomic E-state index is 6.40. The SMILES string of the molecule is [B]C1CC1N=N. The molecule has 2 unspecified atom stereocenters. The van der Waals surface area contributed by atoms with E-state index in [-0.39, 0.29) is 11.9 Å². The standard InChI is InChI=1S/C3H5BN2/c4-2-1-3(2)6-5/h2-3,5H,1H2. The van der Waals surface area contributed by atoms with Crippen LogP contribution in [-0.4, -0.2) is 13.9 Å². The van der Waals surface area contributed by atoms with Gasteiger partial charge in [-0.15, -0.1) is 0 Å². The smallest absolute Gasteiger partial charge is 0.0730 e. The van der Waals surface area contributed by atoms with E-state index in [1.165, 1.54) is 0 Å². The van der Waals surface area contributed by atoms with Gasteiger partial charge in [-0.3, -0.25) is 0 Å². The molecule has 2 nitrogen and oxygen atoms in total. The number of rotatable bonds is 1. The molecule has 30 valence electrons. The number of nitrogens with zero attached hydrogens (tertiary/aromatic N) is 1. The van der Waals surface area contributed by atoms with E-state index in [9.17, 15) is 0 Å². The summed E-state index contributed by atoms with van der Waals surface area (Å²) in [7, 11) is 5.26. The van der Waals surface area contributed by atoms with Crippen molar-refractivity contribution in [1.82, 2.24) is 0 Å². The Morgan fingerprint density at radius 2 is 2.33 bits per heavy atom. The fraction of sp³-hybridized carbons (Fsp3) is 1.00. The van der Waals surface area contributed by atoms with E-state index in [1.54, 1.807) is 0 Å². The summed E-state index contributed by atoms with van der Waals surface area (Å²) >= 11 is 0. The predicted octanol–water partition coefficient (Wildman–Crippen LogP) is 0.747. The van der Waals surface area contributed by atoms with Crippen LogP contribution in [0, 0.1) is 5.53 Å². The van der Waals surface area contributed by atoms with Gasteiger partial charge in [0.25, 0.3) is 0 Å². The topological polar surface area (TPSA) is 36.2 Å². The first kappa shape index (κ1) is 3.84. The molecule has 0 heterocycles. The lowest BCUT2D eigenvalue weighted by Crippen LogP contribution is -1.70. The lowest BCUT2D eigenvalue weighted by molar-refractivity contribution is 0.901. The van der Waals surface area contributed by atoms with Crippen molar-refractivity contribution >= 4 is 7.85 Å². The third kappa shape index (κ3) is 0.443. The Balaban J connectivity index is 2.25. The highest BCUT2D eigenvalue weighted by Gasteiger charge is 2.31. The van der Waals surface area contributed by atoms with E-state index in [0.717, 1.165) is 6.42 Å². The number of hydrogen-bond acceptors (Lipinski definition) is 2. The van der Waals surface area contributed by atoms with Crippen molar-refractivity contribution in [3.63, 3.8) is 0 Å². The minimum absolute atomic E-state index is 0.171. The van der Waals surface area contributed by atoms with E-state index in [1.807, 2.05) is 0 Å². The van der Waals surface area contributed by atoms with Crippen molar-refractivity contribution in [3.8, 4) is 0 Å². The van der Waals surface area contributed by atoms with Crippen molar-refractivity contribution in [3.05, 3.63) is 0 Å². The molecule has 0 aromatic rings. The van der Waals surface area contributed by atoms with Gasteiger partial charge < -0.3 is 0 Å². The van der Waals surface area contributed by atoms with Crippen LogP contribution < -0.4 is 0 Å². The summed E-state index contributed by atoms with van der Waals surface area (Å²) in [6, 6.07) is 0.171. The molecule has 6 heavy (non-hydrogen) atoms. The molecular weight excluding hydrogens is 74.9 g/mol. The minimum Gasteiger partial charge on any atom is -0.210 e. The van der Waals surface area contributed by atoms with E-state index in [4.69, 9.17) is 13.4 Å². The first-order chi connectivity index (χ1) is 2.84. The third-order valence-electron chi connectivity index (χ3n) is 0.971. The van der Waals surface area contributed by atoms with Crippen LogP contribution in [0.5, 0.6) is 0 Å². The number of hydrogen-bond donors (Lipinski definition) is 1. The van der Waals surface area contributed by atoms with Crippen LogP contribution in [0.3, 0.4) is 0 Å². The molecule has 0 aromatic heterocycles. The molecule has 1 N–H and O–H groups in total. The first-order valence-corrected chi connectivity index (χ1v) is 1.96. The Hall–Kier alpha value is -0.335. The van der Waals surface area contributed by atoms with Gasteiger partial charge in [-0.05, 0) is 6.42 Å². The zero-order chi connectivity index (χ0) is 4.57. The molecular formula is C3H5BN2. The molecule has 1 aliphatic rings. The molecule has 1 saturated carbocycles. The van der Waals surface area contributed by atoms with Gasteiger partial charge in [0.15, 0.2) is 0 Å². The monoisotopic (exact) mass is 80.1 g/mol. The second-order valence-electron chi connectivity index (χ2n) is 1.60. The van der Waals surface area contributed by atoms with Crippen LogP contribution in [0.2, 0.25) is 5.82 Å². The van der Waals surface area contributed by atoms with Crippen LogP contribution >= 0.6 is 0 Å². The average molecular weight is 79.9 g/mol. The van der Waals surface area contributed by atoms with Gasteiger partial charge in [0.05, 0.1) is 13.9 Å². The zero-order valence-corrected chi connectivity index (χ0v) is 3.39. The van der Waals surface area contributed by atoms with Crippen molar-refractivity contribution in [1.29, 1.82) is 5.53 Å². The quantitative estimate of drug-likeness (QED) is 0.356. The van der Waals surface area contributed by atoms with Gasteiger partial charge in [0.2, 0.25) is 0 Å². The average Bonchev–Trinajstić information content (AvgIpc) is 2.19. The second kappa shape index (κ2) is 1.07. The Kier molecular flexibility index (Phi) is 0.683. The molecule has 2 atom stereocenters. The Morgan fingerprint density at radius 1 is 1.83 bits per heavy atom. The number of nitrogens with one attached hydrogen (secondary N) is 1. The maximum absolute atomic E-state index is 6.40. The van der Waals surface area contributed by atoms with E-state index < -0.39 is 0 Å². The van der Waals surface area contributed by atoms with E-state index in [0.29, 0.717) is 0 Å². The Morgan fingerprint density at radius 3 is 2.33 bits per heavy atom. The molecule has 3 heteroatoms. The van der Waals surface area contributed by atoms with Gasteiger partial charge >= 0.3 is 0 Å². The molecule has 1 aliphatic carbocycles. The van der Waals surface area contributed by atoms with E-state index in [2.05, 4.69) is 5.11 Å². The lowest BCUT2D eigenvalue weighted by Gasteiger charge is -1.71. The van der Waals surface area contributed by atoms with Crippen LogP contribution in [0.4, 0.5) is 0 Å². The molecule has 1 rings (SSSR count). The maximum Gasteiger partial charge on any atom is 0.0730 e. The molecule has 0 aliphatic heterocycles. The van der Waals surface area contributed by atoms with Crippen LogP contribution in [-0.2, 0) is 0 Å². The molecule has 2 radical (unpaired) electrons. The van der Waals surface area contributed by atoms with E-state index >= 15 is 0 Å². The normalized spacial score (nSPS) is 42.0. The summed E-state index contributed by atoms with van der Waals surface area (Å²) in [5.41, 5.74) is 6.40. The zero-order valence-electron chi connectivity index (χ0n) is 3.39. The van der Waals surface area contributed by atoms with Gasteiger partial charge in [-0.1, -0.05) is 5.82 Å². The van der Waals surface area contributed by atoms with Gasteiger partial charge in [-0.2, -0.15) is 5.11 Å². The molecule has 0 spiro atoms. The molecule has 0 bridgehead atoms. The van der Waals surface area contributed by atoms with Gasteiger partial charge in [-0.25, -0.2) is 5.53 Å². The van der Waals surface area contributed by atoms with Crippen LogP contribution in [0.15, 0.2) is 5.11 Å². The van der Waals surface area contributed by atoms with Crippen molar-refractivity contribution in [2.45, 2.75) is 18.3 Å². The van der Waals surface area contributed by atoms with Crippen molar-refractivity contribution in [2.75, 3.05) is 0 Å². The first-order valence-electron chi connectivity index (χ1n) is 1.96. The van der Waals surface area contributed by atoms with Crippen LogP contribution in [0.25, 0.3) is 0 Å². The lowest BCUT2D eigenvalue weighted by atomic mass is 10.0. The fourth-order valence-electron chi connectivity index (χ4n) is 0.349. The minimum atomic E-state index is 0.171.